The standard InChI is InChI=1S/C18H33N5O3S.HI/c1-5-13-27(24,25)23-11-8-16(9-12-23)21-18(19-6-2)20-10-7-17-14(3)22-26-15(17)4;/h16H,5-13H2,1-4H3,(H2,19,20,21);1H. The van der Waals surface area contributed by atoms with Crippen LogP contribution < -0.4 is 10.6 Å². The van der Waals surface area contributed by atoms with Gasteiger partial charge in [-0.3, -0.25) is 4.99 Å². The molecule has 0 atom stereocenters. The van der Waals surface area contributed by atoms with Crippen molar-refractivity contribution in [3.63, 3.8) is 0 Å². The maximum atomic E-state index is 12.2. The van der Waals surface area contributed by atoms with Gasteiger partial charge in [0, 0.05) is 37.8 Å². The van der Waals surface area contributed by atoms with Crippen molar-refractivity contribution < 1.29 is 12.9 Å². The zero-order valence-electron chi connectivity index (χ0n) is 17.3. The minimum absolute atomic E-state index is 0. The number of aryl methyl sites for hydroxylation is 2. The van der Waals surface area contributed by atoms with E-state index in [0.717, 1.165) is 48.8 Å². The van der Waals surface area contributed by atoms with Crippen LogP contribution in [0.1, 0.15) is 50.1 Å². The molecule has 0 unspecified atom stereocenters. The van der Waals surface area contributed by atoms with Gasteiger partial charge in [-0.15, -0.1) is 24.0 Å². The van der Waals surface area contributed by atoms with Crippen molar-refractivity contribution in [3.8, 4) is 0 Å². The monoisotopic (exact) mass is 527 g/mol. The Bertz CT molecular complexity index is 708. The van der Waals surface area contributed by atoms with Gasteiger partial charge in [0.25, 0.3) is 0 Å². The molecular weight excluding hydrogens is 493 g/mol. The number of aliphatic imine (C=N–C) groups is 1. The molecule has 1 aliphatic heterocycles. The fraction of sp³-hybridized carbons (Fsp3) is 0.778. The number of hydrogen-bond donors (Lipinski definition) is 2. The number of rotatable bonds is 8. The van der Waals surface area contributed by atoms with Crippen LogP contribution in [-0.2, 0) is 16.4 Å². The van der Waals surface area contributed by atoms with E-state index in [2.05, 4.69) is 20.8 Å². The molecule has 10 heteroatoms. The lowest BCUT2D eigenvalue weighted by molar-refractivity contribution is 0.306. The van der Waals surface area contributed by atoms with E-state index >= 15 is 0 Å². The van der Waals surface area contributed by atoms with Crippen molar-refractivity contribution in [1.29, 1.82) is 0 Å². The highest BCUT2D eigenvalue weighted by atomic mass is 127. The Balaban J connectivity index is 0.00000392. The largest absolute Gasteiger partial charge is 0.361 e. The molecule has 1 aromatic rings. The van der Waals surface area contributed by atoms with Gasteiger partial charge in [-0.05, 0) is 46.5 Å². The SMILES string of the molecule is CCCS(=O)(=O)N1CCC(NC(=NCCc2c(C)noc2C)NCC)CC1.I. The maximum absolute atomic E-state index is 12.2. The molecule has 2 rings (SSSR count). The Morgan fingerprint density at radius 1 is 1.29 bits per heavy atom. The summed E-state index contributed by atoms with van der Waals surface area (Å²) >= 11 is 0. The molecule has 0 aromatic carbocycles. The molecule has 0 bridgehead atoms. The molecule has 0 spiro atoms. The molecule has 0 aliphatic carbocycles. The molecule has 0 radical (unpaired) electrons. The summed E-state index contributed by atoms with van der Waals surface area (Å²) in [5, 5.41) is 10.7. The maximum Gasteiger partial charge on any atom is 0.214 e. The Hall–Kier alpha value is -0.880. The van der Waals surface area contributed by atoms with Crippen LogP contribution in [0.2, 0.25) is 0 Å². The fourth-order valence-electron chi connectivity index (χ4n) is 3.32. The number of nitrogens with zero attached hydrogens (tertiary/aromatic N) is 3. The van der Waals surface area contributed by atoms with Gasteiger partial charge < -0.3 is 15.2 Å². The second kappa shape index (κ2) is 12.0. The van der Waals surface area contributed by atoms with Crippen LogP contribution in [0.3, 0.4) is 0 Å². The van der Waals surface area contributed by atoms with Crippen LogP contribution >= 0.6 is 24.0 Å². The van der Waals surface area contributed by atoms with E-state index < -0.39 is 10.0 Å². The topological polar surface area (TPSA) is 99.8 Å². The Kier molecular flexibility index (Phi) is 10.7. The molecular formula is C18H34IN5O3S. The summed E-state index contributed by atoms with van der Waals surface area (Å²) in [5.74, 6) is 1.86. The summed E-state index contributed by atoms with van der Waals surface area (Å²) in [6, 6.07) is 0.231. The molecule has 1 aromatic heterocycles. The number of nitrogens with one attached hydrogen (secondary N) is 2. The minimum Gasteiger partial charge on any atom is -0.361 e. The van der Waals surface area contributed by atoms with E-state index in [1.165, 1.54) is 0 Å². The second-order valence-electron chi connectivity index (χ2n) is 6.95. The third-order valence-electron chi connectivity index (χ3n) is 4.81. The Labute approximate surface area is 186 Å². The van der Waals surface area contributed by atoms with Gasteiger partial charge in [-0.2, -0.15) is 0 Å². The van der Waals surface area contributed by atoms with Gasteiger partial charge in [0.15, 0.2) is 5.96 Å². The smallest absolute Gasteiger partial charge is 0.214 e. The fourth-order valence-corrected chi connectivity index (χ4v) is 4.86. The molecule has 2 heterocycles. The highest BCUT2D eigenvalue weighted by molar-refractivity contribution is 14.0. The number of sulfonamides is 1. The predicted molar refractivity (Wildman–Crippen MR) is 123 cm³/mol. The summed E-state index contributed by atoms with van der Waals surface area (Å²) < 4.78 is 31.2. The van der Waals surface area contributed by atoms with Gasteiger partial charge >= 0.3 is 0 Å². The van der Waals surface area contributed by atoms with Gasteiger partial charge in [0.1, 0.15) is 5.76 Å². The zero-order chi connectivity index (χ0) is 19.9. The second-order valence-corrected chi connectivity index (χ2v) is 9.04. The molecule has 28 heavy (non-hydrogen) atoms. The van der Waals surface area contributed by atoms with Crippen molar-refractivity contribution in [2.45, 2.75) is 59.4 Å². The predicted octanol–water partition coefficient (Wildman–Crippen LogP) is 2.21. The minimum atomic E-state index is -3.10. The van der Waals surface area contributed by atoms with Crippen LogP contribution in [0.15, 0.2) is 9.52 Å². The number of halogens is 1. The highest BCUT2D eigenvalue weighted by Gasteiger charge is 2.27. The molecule has 0 saturated carbocycles. The van der Waals surface area contributed by atoms with Crippen molar-refractivity contribution in [3.05, 3.63) is 17.0 Å². The van der Waals surface area contributed by atoms with Crippen molar-refractivity contribution in [2.24, 2.45) is 4.99 Å². The first-order chi connectivity index (χ1) is 12.9. The molecule has 0 amide bonds. The van der Waals surface area contributed by atoms with Gasteiger partial charge in [0.05, 0.1) is 11.4 Å². The summed E-state index contributed by atoms with van der Waals surface area (Å²) in [5.41, 5.74) is 2.03. The van der Waals surface area contributed by atoms with Gasteiger partial charge in [-0.1, -0.05) is 12.1 Å². The lowest BCUT2D eigenvalue weighted by Crippen LogP contribution is -2.50. The first kappa shape index (κ1) is 25.2. The molecule has 2 N–H and O–H groups in total. The normalized spacial score (nSPS) is 16.6. The van der Waals surface area contributed by atoms with E-state index in [0.29, 0.717) is 26.1 Å². The van der Waals surface area contributed by atoms with E-state index in [4.69, 9.17) is 4.52 Å². The van der Waals surface area contributed by atoms with E-state index in [9.17, 15) is 8.42 Å². The highest BCUT2D eigenvalue weighted by Crippen LogP contribution is 2.15. The number of aromatic nitrogens is 1. The lowest BCUT2D eigenvalue weighted by atomic mass is 10.1. The average molecular weight is 527 g/mol. The van der Waals surface area contributed by atoms with Crippen LogP contribution in [0.4, 0.5) is 0 Å². The number of guanidine groups is 1. The first-order valence-corrected chi connectivity index (χ1v) is 11.4. The van der Waals surface area contributed by atoms with Gasteiger partial charge in [0.2, 0.25) is 10.0 Å². The van der Waals surface area contributed by atoms with E-state index in [-0.39, 0.29) is 35.8 Å². The summed E-state index contributed by atoms with van der Waals surface area (Å²) in [6.45, 7) is 10.3. The van der Waals surface area contributed by atoms with Crippen LogP contribution in [0.5, 0.6) is 0 Å². The van der Waals surface area contributed by atoms with Crippen molar-refractivity contribution >= 4 is 40.0 Å². The molecule has 1 saturated heterocycles. The third kappa shape index (κ3) is 7.18. The summed E-state index contributed by atoms with van der Waals surface area (Å²) in [7, 11) is -3.10. The van der Waals surface area contributed by atoms with Crippen molar-refractivity contribution in [2.75, 3.05) is 31.9 Å². The lowest BCUT2D eigenvalue weighted by Gasteiger charge is -2.32. The zero-order valence-corrected chi connectivity index (χ0v) is 20.5. The first-order valence-electron chi connectivity index (χ1n) is 9.81. The number of hydrogen-bond acceptors (Lipinski definition) is 5. The summed E-state index contributed by atoms with van der Waals surface area (Å²) in [4.78, 5) is 4.66. The third-order valence-corrected chi connectivity index (χ3v) is 6.88. The van der Waals surface area contributed by atoms with Crippen LogP contribution in [-0.4, -0.2) is 61.8 Å². The molecule has 1 fully saturated rings. The van der Waals surface area contributed by atoms with E-state index in [1.54, 1.807) is 4.31 Å². The molecule has 162 valence electrons. The molecule has 1 aliphatic rings. The van der Waals surface area contributed by atoms with Gasteiger partial charge in [-0.25, -0.2) is 12.7 Å². The van der Waals surface area contributed by atoms with E-state index in [1.807, 2.05) is 27.7 Å². The van der Waals surface area contributed by atoms with Crippen LogP contribution in [0.25, 0.3) is 0 Å². The Morgan fingerprint density at radius 2 is 1.96 bits per heavy atom. The quantitative estimate of drug-likeness (QED) is 0.306. The Morgan fingerprint density at radius 3 is 2.50 bits per heavy atom. The number of piperidine rings is 1. The van der Waals surface area contributed by atoms with Crippen molar-refractivity contribution in [1.82, 2.24) is 20.1 Å². The summed E-state index contributed by atoms with van der Waals surface area (Å²) in [6.07, 6.45) is 3.02. The van der Waals surface area contributed by atoms with Crippen LogP contribution in [0, 0.1) is 13.8 Å². The average Bonchev–Trinajstić information content (AvgIpc) is 2.94. The molecule has 8 nitrogen and oxygen atoms in total.